The van der Waals surface area contributed by atoms with Crippen LogP contribution in [0.3, 0.4) is 0 Å². The molecule has 0 spiro atoms. The lowest BCUT2D eigenvalue weighted by atomic mass is 10.2. The monoisotopic (exact) mass is 325 g/mol. The molecule has 1 unspecified atom stereocenters. The van der Waals surface area contributed by atoms with Crippen LogP contribution in [-0.4, -0.2) is 59.1 Å². The first-order valence-corrected chi connectivity index (χ1v) is 7.55. The standard InChI is InChI=1S/C15H20FN3O4/c16-11-4-3-6-18-14(11)23-9-7-17-13(21)10-19-8-2-1-5-12(20)15(19)22/h3-4,6,12,20H,1-2,5,7-10H2,(H,17,21). The molecule has 0 aliphatic carbocycles. The molecule has 1 fully saturated rings. The molecule has 8 heteroatoms. The van der Waals surface area contributed by atoms with E-state index in [1.807, 2.05) is 0 Å². The van der Waals surface area contributed by atoms with E-state index in [1.54, 1.807) is 0 Å². The number of hydrogen-bond acceptors (Lipinski definition) is 5. The maximum Gasteiger partial charge on any atom is 0.251 e. The molecule has 0 radical (unpaired) electrons. The van der Waals surface area contributed by atoms with Gasteiger partial charge in [0.15, 0.2) is 5.82 Å². The Morgan fingerprint density at radius 3 is 3.13 bits per heavy atom. The summed E-state index contributed by atoms with van der Waals surface area (Å²) in [5.41, 5.74) is 0. The fourth-order valence-corrected chi connectivity index (χ4v) is 2.29. The van der Waals surface area contributed by atoms with E-state index in [9.17, 15) is 19.1 Å². The highest BCUT2D eigenvalue weighted by Gasteiger charge is 2.26. The van der Waals surface area contributed by atoms with Gasteiger partial charge in [0.1, 0.15) is 12.7 Å². The Kier molecular flexibility index (Phi) is 6.28. The molecule has 1 aromatic rings. The van der Waals surface area contributed by atoms with E-state index in [2.05, 4.69) is 10.3 Å². The van der Waals surface area contributed by atoms with Gasteiger partial charge >= 0.3 is 0 Å². The second kappa shape index (κ2) is 8.42. The van der Waals surface area contributed by atoms with Crippen LogP contribution in [0.2, 0.25) is 0 Å². The second-order valence-corrected chi connectivity index (χ2v) is 5.26. The number of aliphatic hydroxyl groups is 1. The molecule has 1 aliphatic heterocycles. The lowest BCUT2D eigenvalue weighted by Gasteiger charge is -2.21. The molecule has 0 aromatic carbocycles. The number of rotatable bonds is 6. The molecular formula is C15H20FN3O4. The van der Waals surface area contributed by atoms with Gasteiger partial charge in [0.25, 0.3) is 5.91 Å². The molecule has 7 nitrogen and oxygen atoms in total. The van der Waals surface area contributed by atoms with Crippen molar-refractivity contribution < 1.29 is 23.8 Å². The minimum Gasteiger partial charge on any atom is -0.474 e. The van der Waals surface area contributed by atoms with Crippen molar-refractivity contribution >= 4 is 11.8 Å². The van der Waals surface area contributed by atoms with E-state index < -0.39 is 17.8 Å². The summed E-state index contributed by atoms with van der Waals surface area (Å²) in [6, 6.07) is 2.69. The Morgan fingerprint density at radius 2 is 2.35 bits per heavy atom. The fourth-order valence-electron chi connectivity index (χ4n) is 2.29. The number of hydrogen-bond donors (Lipinski definition) is 2. The summed E-state index contributed by atoms with van der Waals surface area (Å²) in [6.45, 7) is 0.586. The number of halogens is 1. The number of nitrogens with one attached hydrogen (secondary N) is 1. The summed E-state index contributed by atoms with van der Waals surface area (Å²) in [5.74, 6) is -1.45. The van der Waals surface area contributed by atoms with Crippen LogP contribution in [-0.2, 0) is 9.59 Å². The highest BCUT2D eigenvalue weighted by molar-refractivity contribution is 5.87. The SMILES string of the molecule is O=C(CN1CCCCC(O)C1=O)NCCOc1ncccc1F. The number of amides is 2. The van der Waals surface area contributed by atoms with Crippen molar-refractivity contribution in [3.8, 4) is 5.88 Å². The van der Waals surface area contributed by atoms with Crippen molar-refractivity contribution in [3.63, 3.8) is 0 Å². The molecule has 2 amide bonds. The Bertz CT molecular complexity index is 555. The molecule has 1 aliphatic rings. The van der Waals surface area contributed by atoms with Crippen LogP contribution < -0.4 is 10.1 Å². The van der Waals surface area contributed by atoms with Crippen molar-refractivity contribution in [1.29, 1.82) is 0 Å². The minimum absolute atomic E-state index is 0.0657. The third-order valence-corrected chi connectivity index (χ3v) is 3.47. The Labute approximate surface area is 133 Å². The smallest absolute Gasteiger partial charge is 0.251 e. The second-order valence-electron chi connectivity index (χ2n) is 5.26. The number of aromatic nitrogens is 1. The van der Waals surface area contributed by atoms with Crippen molar-refractivity contribution in [2.75, 3.05) is 26.2 Å². The van der Waals surface area contributed by atoms with Crippen molar-refractivity contribution in [1.82, 2.24) is 15.2 Å². The summed E-state index contributed by atoms with van der Waals surface area (Å²) >= 11 is 0. The van der Waals surface area contributed by atoms with Gasteiger partial charge in [0.2, 0.25) is 11.8 Å². The normalized spacial score (nSPS) is 18.4. The van der Waals surface area contributed by atoms with Gasteiger partial charge < -0.3 is 20.1 Å². The lowest BCUT2D eigenvalue weighted by Crippen LogP contribution is -2.44. The molecule has 126 valence electrons. The van der Waals surface area contributed by atoms with E-state index in [0.717, 1.165) is 12.8 Å². The molecule has 2 rings (SSSR count). The number of aliphatic hydroxyl groups excluding tert-OH is 1. The Balaban J connectivity index is 1.70. The van der Waals surface area contributed by atoms with Gasteiger partial charge in [-0.3, -0.25) is 9.59 Å². The highest BCUT2D eigenvalue weighted by atomic mass is 19.1. The van der Waals surface area contributed by atoms with Crippen LogP contribution in [0, 0.1) is 5.82 Å². The van der Waals surface area contributed by atoms with Crippen LogP contribution in [0.1, 0.15) is 19.3 Å². The first kappa shape index (κ1) is 17.1. The van der Waals surface area contributed by atoms with Gasteiger partial charge in [-0.25, -0.2) is 9.37 Å². The zero-order valence-electron chi connectivity index (χ0n) is 12.7. The number of carbonyl (C=O) groups is 2. The largest absolute Gasteiger partial charge is 0.474 e. The average Bonchev–Trinajstić information content (AvgIpc) is 2.69. The van der Waals surface area contributed by atoms with Gasteiger partial charge in [0, 0.05) is 12.7 Å². The maximum atomic E-state index is 13.3. The summed E-state index contributed by atoms with van der Waals surface area (Å²) in [7, 11) is 0. The predicted octanol–water partition coefficient (Wildman–Crippen LogP) is 0.0891. The quantitative estimate of drug-likeness (QED) is 0.723. The molecule has 1 aromatic heterocycles. The molecular weight excluding hydrogens is 305 g/mol. The molecule has 0 saturated carbocycles. The van der Waals surface area contributed by atoms with Crippen LogP contribution in [0.15, 0.2) is 18.3 Å². The number of carbonyl (C=O) groups excluding carboxylic acids is 2. The van der Waals surface area contributed by atoms with Gasteiger partial charge in [-0.2, -0.15) is 0 Å². The predicted molar refractivity (Wildman–Crippen MR) is 79.1 cm³/mol. The minimum atomic E-state index is -1.03. The highest BCUT2D eigenvalue weighted by Crippen LogP contribution is 2.12. The first-order chi connectivity index (χ1) is 11.1. The average molecular weight is 325 g/mol. The van der Waals surface area contributed by atoms with Crippen LogP contribution in [0.4, 0.5) is 4.39 Å². The zero-order valence-corrected chi connectivity index (χ0v) is 12.7. The van der Waals surface area contributed by atoms with Crippen LogP contribution in [0.5, 0.6) is 5.88 Å². The number of ether oxygens (including phenoxy) is 1. The third-order valence-electron chi connectivity index (χ3n) is 3.47. The van der Waals surface area contributed by atoms with Gasteiger partial charge in [0.05, 0.1) is 13.1 Å². The van der Waals surface area contributed by atoms with E-state index >= 15 is 0 Å². The Morgan fingerprint density at radius 1 is 1.52 bits per heavy atom. The third kappa shape index (κ3) is 5.17. The molecule has 23 heavy (non-hydrogen) atoms. The van der Waals surface area contributed by atoms with Crippen molar-refractivity contribution in [2.45, 2.75) is 25.4 Å². The van der Waals surface area contributed by atoms with Crippen molar-refractivity contribution in [2.24, 2.45) is 0 Å². The molecule has 1 atom stereocenters. The first-order valence-electron chi connectivity index (χ1n) is 7.55. The molecule has 1 saturated heterocycles. The van der Waals surface area contributed by atoms with Crippen LogP contribution >= 0.6 is 0 Å². The summed E-state index contributed by atoms with van der Waals surface area (Å²) in [6.07, 6.45) is 2.33. The van der Waals surface area contributed by atoms with E-state index in [1.165, 1.54) is 23.2 Å². The number of likely N-dealkylation sites (tertiary alicyclic amines) is 1. The molecule has 2 N–H and O–H groups in total. The fraction of sp³-hybridized carbons (Fsp3) is 0.533. The summed E-state index contributed by atoms with van der Waals surface area (Å²) in [4.78, 5) is 28.8. The molecule has 0 bridgehead atoms. The van der Waals surface area contributed by atoms with E-state index in [4.69, 9.17) is 4.74 Å². The zero-order chi connectivity index (χ0) is 16.7. The van der Waals surface area contributed by atoms with E-state index in [-0.39, 0.29) is 31.5 Å². The lowest BCUT2D eigenvalue weighted by molar-refractivity contribution is -0.142. The van der Waals surface area contributed by atoms with Crippen LogP contribution in [0.25, 0.3) is 0 Å². The van der Waals surface area contributed by atoms with Crippen molar-refractivity contribution in [3.05, 3.63) is 24.1 Å². The summed E-state index contributed by atoms with van der Waals surface area (Å²) in [5, 5.41) is 12.2. The summed E-state index contributed by atoms with van der Waals surface area (Å²) < 4.78 is 18.4. The van der Waals surface area contributed by atoms with E-state index in [0.29, 0.717) is 13.0 Å². The Hall–Kier alpha value is -2.22. The number of nitrogens with zero attached hydrogens (tertiary/aromatic N) is 2. The van der Waals surface area contributed by atoms with Gasteiger partial charge in [-0.15, -0.1) is 0 Å². The topological polar surface area (TPSA) is 91.8 Å². The van der Waals surface area contributed by atoms with Gasteiger partial charge in [-0.05, 0) is 31.4 Å². The molecule has 2 heterocycles. The maximum absolute atomic E-state index is 13.3. The number of pyridine rings is 1. The van der Waals surface area contributed by atoms with Gasteiger partial charge in [-0.1, -0.05) is 0 Å².